The van der Waals surface area contributed by atoms with Crippen LogP contribution in [0.5, 0.6) is 5.75 Å². The van der Waals surface area contributed by atoms with Crippen LogP contribution in [-0.2, 0) is 0 Å². The zero-order chi connectivity index (χ0) is 16.5. The summed E-state index contributed by atoms with van der Waals surface area (Å²) in [6.07, 6.45) is 1.12. The SMILES string of the molecule is CCCOc1ccc(NC(=O)NCCC(O)C(C)C)c(C)c1. The summed E-state index contributed by atoms with van der Waals surface area (Å²) in [5.74, 6) is 1.01. The van der Waals surface area contributed by atoms with Gasteiger partial charge in [0.05, 0.1) is 12.7 Å². The van der Waals surface area contributed by atoms with Gasteiger partial charge in [-0.1, -0.05) is 20.8 Å². The van der Waals surface area contributed by atoms with Crippen LogP contribution < -0.4 is 15.4 Å². The van der Waals surface area contributed by atoms with Crippen molar-refractivity contribution >= 4 is 11.7 Å². The number of aryl methyl sites for hydroxylation is 1. The van der Waals surface area contributed by atoms with Gasteiger partial charge in [-0.25, -0.2) is 4.79 Å². The van der Waals surface area contributed by atoms with Crippen LogP contribution in [0.25, 0.3) is 0 Å². The minimum atomic E-state index is -0.392. The Labute approximate surface area is 133 Å². The Morgan fingerprint density at radius 2 is 2.09 bits per heavy atom. The fraction of sp³-hybridized carbons (Fsp3) is 0.588. The van der Waals surface area contributed by atoms with Gasteiger partial charge in [-0.15, -0.1) is 0 Å². The fourth-order valence-electron chi connectivity index (χ4n) is 1.92. The van der Waals surface area contributed by atoms with E-state index in [1.54, 1.807) is 0 Å². The molecule has 0 aliphatic rings. The summed E-state index contributed by atoms with van der Waals surface area (Å²) >= 11 is 0. The van der Waals surface area contributed by atoms with E-state index in [4.69, 9.17) is 4.74 Å². The molecular formula is C17H28N2O3. The van der Waals surface area contributed by atoms with E-state index >= 15 is 0 Å². The van der Waals surface area contributed by atoms with E-state index in [-0.39, 0.29) is 11.9 Å². The minimum Gasteiger partial charge on any atom is -0.494 e. The number of carbonyl (C=O) groups excluding carboxylic acids is 1. The van der Waals surface area contributed by atoms with Crippen LogP contribution in [0.1, 0.15) is 39.2 Å². The number of amides is 2. The summed E-state index contributed by atoms with van der Waals surface area (Å²) in [7, 11) is 0. The standard InChI is InChI=1S/C17H28N2O3/c1-5-10-22-14-6-7-15(13(4)11-14)19-17(21)18-9-8-16(20)12(2)3/h6-7,11-12,16,20H,5,8-10H2,1-4H3,(H2,18,19,21). The summed E-state index contributed by atoms with van der Waals surface area (Å²) in [4.78, 5) is 11.8. The molecule has 0 aliphatic carbocycles. The zero-order valence-corrected chi connectivity index (χ0v) is 14.0. The molecule has 22 heavy (non-hydrogen) atoms. The van der Waals surface area contributed by atoms with Crippen LogP contribution >= 0.6 is 0 Å². The number of aliphatic hydroxyl groups excluding tert-OH is 1. The predicted molar refractivity (Wildman–Crippen MR) is 89.4 cm³/mol. The van der Waals surface area contributed by atoms with Crippen molar-refractivity contribution in [3.63, 3.8) is 0 Å². The Balaban J connectivity index is 2.44. The number of aliphatic hydroxyl groups is 1. The first-order valence-corrected chi connectivity index (χ1v) is 7.90. The summed E-state index contributed by atoms with van der Waals surface area (Å²) in [6, 6.07) is 5.33. The van der Waals surface area contributed by atoms with Gasteiger partial charge < -0.3 is 20.5 Å². The summed E-state index contributed by atoms with van der Waals surface area (Å²) < 4.78 is 5.55. The number of hydrogen-bond donors (Lipinski definition) is 3. The lowest BCUT2D eigenvalue weighted by atomic mass is 10.0. The summed E-state index contributed by atoms with van der Waals surface area (Å²) in [5.41, 5.74) is 1.71. The smallest absolute Gasteiger partial charge is 0.319 e. The van der Waals surface area contributed by atoms with Gasteiger partial charge >= 0.3 is 6.03 Å². The number of rotatable bonds is 8. The molecule has 1 atom stereocenters. The average Bonchev–Trinajstić information content (AvgIpc) is 2.47. The molecule has 0 fully saturated rings. The lowest BCUT2D eigenvalue weighted by molar-refractivity contribution is 0.117. The Kier molecular flexibility index (Phi) is 7.74. The number of carbonyl (C=O) groups is 1. The maximum Gasteiger partial charge on any atom is 0.319 e. The molecule has 3 N–H and O–H groups in total. The average molecular weight is 308 g/mol. The third-order valence-electron chi connectivity index (χ3n) is 3.41. The van der Waals surface area contributed by atoms with E-state index in [1.165, 1.54) is 0 Å². The van der Waals surface area contributed by atoms with E-state index in [0.717, 1.165) is 23.4 Å². The van der Waals surface area contributed by atoms with Gasteiger partial charge in [0.1, 0.15) is 5.75 Å². The molecule has 0 heterocycles. The highest BCUT2D eigenvalue weighted by atomic mass is 16.5. The highest BCUT2D eigenvalue weighted by Crippen LogP contribution is 2.21. The highest BCUT2D eigenvalue weighted by Gasteiger charge is 2.10. The van der Waals surface area contributed by atoms with Crippen LogP contribution in [0, 0.1) is 12.8 Å². The lowest BCUT2D eigenvalue weighted by Crippen LogP contribution is -2.32. The monoisotopic (exact) mass is 308 g/mol. The number of urea groups is 1. The number of hydrogen-bond acceptors (Lipinski definition) is 3. The molecular weight excluding hydrogens is 280 g/mol. The van der Waals surface area contributed by atoms with Crippen LogP contribution in [0.4, 0.5) is 10.5 Å². The van der Waals surface area contributed by atoms with Crippen molar-refractivity contribution in [3.05, 3.63) is 23.8 Å². The molecule has 1 aromatic carbocycles. The van der Waals surface area contributed by atoms with Gasteiger partial charge in [-0.05, 0) is 49.4 Å². The molecule has 5 nitrogen and oxygen atoms in total. The molecule has 1 unspecified atom stereocenters. The number of benzene rings is 1. The van der Waals surface area contributed by atoms with Gasteiger partial charge in [0.15, 0.2) is 0 Å². The second-order valence-electron chi connectivity index (χ2n) is 5.81. The number of ether oxygens (including phenoxy) is 1. The Morgan fingerprint density at radius 3 is 2.68 bits per heavy atom. The van der Waals surface area contributed by atoms with Crippen molar-refractivity contribution in [1.29, 1.82) is 0 Å². The predicted octanol–water partition coefficient (Wildman–Crippen LogP) is 3.31. The van der Waals surface area contributed by atoms with Crippen LogP contribution in [0.3, 0.4) is 0 Å². The Morgan fingerprint density at radius 1 is 1.36 bits per heavy atom. The molecule has 1 rings (SSSR count). The van der Waals surface area contributed by atoms with Gasteiger partial charge in [0.25, 0.3) is 0 Å². The number of anilines is 1. The second-order valence-corrected chi connectivity index (χ2v) is 5.81. The fourth-order valence-corrected chi connectivity index (χ4v) is 1.92. The van der Waals surface area contributed by atoms with Gasteiger partial charge in [0, 0.05) is 12.2 Å². The van der Waals surface area contributed by atoms with Gasteiger partial charge in [-0.3, -0.25) is 0 Å². The first-order chi connectivity index (χ1) is 10.4. The zero-order valence-electron chi connectivity index (χ0n) is 14.0. The lowest BCUT2D eigenvalue weighted by Gasteiger charge is -2.15. The molecule has 0 radical (unpaired) electrons. The van der Waals surface area contributed by atoms with Crippen molar-refractivity contribution in [1.82, 2.24) is 5.32 Å². The molecule has 2 amide bonds. The van der Waals surface area contributed by atoms with E-state index in [0.29, 0.717) is 19.6 Å². The third-order valence-corrected chi connectivity index (χ3v) is 3.41. The van der Waals surface area contributed by atoms with Crippen LogP contribution in [-0.4, -0.2) is 30.4 Å². The molecule has 0 aromatic heterocycles. The molecule has 0 bridgehead atoms. The maximum atomic E-state index is 11.8. The number of nitrogens with one attached hydrogen (secondary N) is 2. The molecule has 0 saturated carbocycles. The van der Waals surface area contributed by atoms with Crippen molar-refractivity contribution in [3.8, 4) is 5.75 Å². The Bertz CT molecular complexity index is 475. The van der Waals surface area contributed by atoms with E-state index in [9.17, 15) is 9.90 Å². The third kappa shape index (κ3) is 6.35. The van der Waals surface area contributed by atoms with Crippen LogP contribution in [0.2, 0.25) is 0 Å². The Hall–Kier alpha value is -1.75. The normalized spacial score (nSPS) is 12.1. The highest BCUT2D eigenvalue weighted by molar-refractivity contribution is 5.90. The molecule has 1 aromatic rings. The van der Waals surface area contributed by atoms with Crippen molar-refractivity contribution in [2.24, 2.45) is 5.92 Å². The first kappa shape index (κ1) is 18.3. The molecule has 5 heteroatoms. The summed E-state index contributed by atoms with van der Waals surface area (Å²) in [6.45, 7) is 9.03. The van der Waals surface area contributed by atoms with E-state index in [1.807, 2.05) is 39.0 Å². The maximum absolute atomic E-state index is 11.8. The van der Waals surface area contributed by atoms with Crippen molar-refractivity contribution < 1.29 is 14.6 Å². The van der Waals surface area contributed by atoms with E-state index < -0.39 is 6.10 Å². The second kappa shape index (κ2) is 9.30. The summed E-state index contributed by atoms with van der Waals surface area (Å²) in [5, 5.41) is 15.2. The topological polar surface area (TPSA) is 70.6 Å². The molecule has 0 aliphatic heterocycles. The first-order valence-electron chi connectivity index (χ1n) is 7.90. The van der Waals surface area contributed by atoms with Gasteiger partial charge in [0.2, 0.25) is 0 Å². The molecule has 0 spiro atoms. The van der Waals surface area contributed by atoms with Crippen molar-refractivity contribution in [2.75, 3.05) is 18.5 Å². The van der Waals surface area contributed by atoms with Crippen molar-refractivity contribution in [2.45, 2.75) is 46.6 Å². The largest absolute Gasteiger partial charge is 0.494 e. The quantitative estimate of drug-likeness (QED) is 0.690. The van der Waals surface area contributed by atoms with Crippen LogP contribution in [0.15, 0.2) is 18.2 Å². The molecule has 124 valence electrons. The van der Waals surface area contributed by atoms with E-state index in [2.05, 4.69) is 17.6 Å². The minimum absolute atomic E-state index is 0.197. The molecule has 0 saturated heterocycles. The van der Waals surface area contributed by atoms with Gasteiger partial charge in [-0.2, -0.15) is 0 Å².